The van der Waals surface area contributed by atoms with Gasteiger partial charge in [-0.1, -0.05) is 41.4 Å². The van der Waals surface area contributed by atoms with Gasteiger partial charge in [-0.25, -0.2) is 9.79 Å². The third-order valence-electron chi connectivity index (χ3n) is 5.81. The summed E-state index contributed by atoms with van der Waals surface area (Å²) >= 11 is 14.5. The van der Waals surface area contributed by atoms with Gasteiger partial charge in [0.2, 0.25) is 0 Å². The SMILES string of the molecule is COc1cccc(C2C(C(=O)OCCN(C)C)=C(C)N=C3SC(c4c(Cl)cccc4Cl)=CN32)c1OC. The van der Waals surface area contributed by atoms with Gasteiger partial charge in [-0.15, -0.1) is 0 Å². The second-order valence-corrected chi connectivity index (χ2v) is 10.2. The van der Waals surface area contributed by atoms with Crippen LogP contribution >= 0.6 is 35.0 Å². The minimum Gasteiger partial charge on any atom is -0.493 e. The van der Waals surface area contributed by atoms with Crippen LogP contribution in [0.5, 0.6) is 11.5 Å². The molecule has 0 bridgehead atoms. The Morgan fingerprint density at radius 2 is 1.81 bits per heavy atom. The monoisotopic (exact) mass is 547 g/mol. The molecular weight excluding hydrogens is 521 g/mol. The summed E-state index contributed by atoms with van der Waals surface area (Å²) in [6, 6.07) is 10.4. The predicted octanol–water partition coefficient (Wildman–Crippen LogP) is 5.85. The number of rotatable bonds is 8. The molecule has 0 aromatic heterocycles. The molecule has 0 amide bonds. The summed E-state index contributed by atoms with van der Waals surface area (Å²) < 4.78 is 17.0. The summed E-state index contributed by atoms with van der Waals surface area (Å²) in [4.78, 5) is 22.9. The average Bonchev–Trinajstić information content (AvgIpc) is 3.24. The molecule has 1 unspecified atom stereocenters. The topological polar surface area (TPSA) is 63.6 Å². The summed E-state index contributed by atoms with van der Waals surface area (Å²) in [7, 11) is 7.00. The molecule has 0 aliphatic carbocycles. The molecule has 36 heavy (non-hydrogen) atoms. The van der Waals surface area contributed by atoms with Crippen LogP contribution in [0.3, 0.4) is 0 Å². The van der Waals surface area contributed by atoms with E-state index < -0.39 is 12.0 Å². The fraction of sp³-hybridized carbons (Fsp3) is 0.308. The van der Waals surface area contributed by atoms with Crippen LogP contribution in [0.1, 0.15) is 24.1 Å². The minimum absolute atomic E-state index is 0.256. The van der Waals surface area contributed by atoms with E-state index in [0.717, 1.165) is 10.5 Å². The maximum atomic E-state index is 13.4. The van der Waals surface area contributed by atoms with Crippen LogP contribution < -0.4 is 9.47 Å². The first-order valence-electron chi connectivity index (χ1n) is 11.2. The molecule has 0 fully saturated rings. The quantitative estimate of drug-likeness (QED) is 0.384. The Kier molecular flexibility index (Phi) is 8.20. The third kappa shape index (κ3) is 5.09. The molecule has 1 atom stereocenters. The molecule has 0 spiro atoms. The Labute approximate surface area is 225 Å². The Morgan fingerprint density at radius 3 is 2.44 bits per heavy atom. The van der Waals surface area contributed by atoms with Gasteiger partial charge < -0.3 is 24.0 Å². The molecule has 0 radical (unpaired) electrons. The van der Waals surface area contributed by atoms with Crippen LogP contribution in [0.2, 0.25) is 10.0 Å². The number of aliphatic imine (C=N–C) groups is 1. The smallest absolute Gasteiger partial charge is 0.338 e. The highest BCUT2D eigenvalue weighted by molar-refractivity contribution is 8.22. The van der Waals surface area contributed by atoms with Crippen molar-refractivity contribution >= 4 is 51.0 Å². The summed E-state index contributed by atoms with van der Waals surface area (Å²) in [5, 5.41) is 1.76. The lowest BCUT2D eigenvalue weighted by molar-refractivity contribution is -0.140. The van der Waals surface area contributed by atoms with E-state index in [1.807, 2.05) is 55.2 Å². The van der Waals surface area contributed by atoms with Crippen molar-refractivity contribution in [1.82, 2.24) is 9.80 Å². The maximum Gasteiger partial charge on any atom is 0.338 e. The van der Waals surface area contributed by atoms with E-state index in [9.17, 15) is 4.79 Å². The molecule has 0 saturated heterocycles. The lowest BCUT2D eigenvalue weighted by Gasteiger charge is -2.34. The number of benzene rings is 2. The molecule has 10 heteroatoms. The number of ether oxygens (including phenoxy) is 3. The molecule has 2 aromatic carbocycles. The first kappa shape index (κ1) is 26.4. The van der Waals surface area contributed by atoms with Crippen molar-refractivity contribution in [3.8, 4) is 11.5 Å². The van der Waals surface area contributed by atoms with Gasteiger partial charge in [0, 0.05) is 28.8 Å². The number of allylic oxidation sites excluding steroid dienone is 1. The van der Waals surface area contributed by atoms with E-state index in [1.54, 1.807) is 32.4 Å². The van der Waals surface area contributed by atoms with E-state index in [-0.39, 0.29) is 6.61 Å². The van der Waals surface area contributed by atoms with Gasteiger partial charge in [0.1, 0.15) is 6.61 Å². The van der Waals surface area contributed by atoms with Gasteiger partial charge in [0.05, 0.1) is 41.6 Å². The first-order chi connectivity index (χ1) is 17.3. The van der Waals surface area contributed by atoms with Crippen molar-refractivity contribution in [2.75, 3.05) is 41.5 Å². The molecule has 0 saturated carbocycles. The number of likely N-dealkylation sites (N-methyl/N-ethyl adjacent to an activating group) is 1. The number of para-hydroxylation sites is 1. The highest BCUT2D eigenvalue weighted by Crippen LogP contribution is 2.51. The minimum atomic E-state index is -0.569. The second-order valence-electron chi connectivity index (χ2n) is 8.42. The molecule has 2 aliphatic heterocycles. The van der Waals surface area contributed by atoms with Crippen LogP contribution in [0.15, 0.2) is 58.9 Å². The van der Waals surface area contributed by atoms with Crippen molar-refractivity contribution < 1.29 is 19.0 Å². The normalized spacial score (nSPS) is 17.1. The van der Waals surface area contributed by atoms with Crippen LogP contribution in [-0.2, 0) is 9.53 Å². The summed E-state index contributed by atoms with van der Waals surface area (Å²) in [5.41, 5.74) is 2.45. The molecule has 0 N–H and O–H groups in total. The average molecular weight is 548 g/mol. The van der Waals surface area contributed by atoms with Crippen molar-refractivity contribution in [2.24, 2.45) is 4.99 Å². The van der Waals surface area contributed by atoms with Crippen molar-refractivity contribution in [1.29, 1.82) is 0 Å². The number of esters is 1. The number of fused-ring (bicyclic) bond motifs is 1. The van der Waals surface area contributed by atoms with Gasteiger partial charge in [-0.3, -0.25) is 0 Å². The van der Waals surface area contributed by atoms with Crippen LogP contribution in [0.25, 0.3) is 4.91 Å². The van der Waals surface area contributed by atoms with Crippen LogP contribution in [0.4, 0.5) is 0 Å². The Bertz CT molecular complexity index is 1260. The number of thioether (sulfide) groups is 1. The van der Waals surface area contributed by atoms with E-state index in [0.29, 0.717) is 50.1 Å². The summed E-state index contributed by atoms with van der Waals surface area (Å²) in [5.74, 6) is 0.650. The maximum absolute atomic E-state index is 13.4. The fourth-order valence-corrected chi connectivity index (χ4v) is 5.95. The number of nitrogens with zero attached hydrogens (tertiary/aromatic N) is 3. The van der Waals surface area contributed by atoms with E-state index >= 15 is 0 Å². The Morgan fingerprint density at radius 1 is 1.11 bits per heavy atom. The van der Waals surface area contributed by atoms with E-state index in [4.69, 9.17) is 42.4 Å². The summed E-state index contributed by atoms with van der Waals surface area (Å²) in [6.45, 7) is 2.67. The predicted molar refractivity (Wildman–Crippen MR) is 146 cm³/mol. The molecule has 4 rings (SSSR count). The lowest BCUT2D eigenvalue weighted by atomic mass is 9.93. The van der Waals surface area contributed by atoms with Crippen LogP contribution in [0, 0.1) is 0 Å². The molecule has 7 nitrogen and oxygen atoms in total. The fourth-order valence-electron chi connectivity index (χ4n) is 4.10. The number of carbonyl (C=O) groups excluding carboxylic acids is 1. The zero-order valence-electron chi connectivity index (χ0n) is 20.7. The van der Waals surface area contributed by atoms with Gasteiger partial charge >= 0.3 is 5.97 Å². The van der Waals surface area contributed by atoms with Crippen molar-refractivity contribution in [3.05, 3.63) is 75.0 Å². The molecule has 2 heterocycles. The van der Waals surface area contributed by atoms with Gasteiger partial charge in [0.15, 0.2) is 16.7 Å². The van der Waals surface area contributed by atoms with Gasteiger partial charge in [-0.2, -0.15) is 0 Å². The lowest BCUT2D eigenvalue weighted by Crippen LogP contribution is -2.35. The highest BCUT2D eigenvalue weighted by atomic mass is 35.5. The first-order valence-corrected chi connectivity index (χ1v) is 12.8. The number of hydrogen-bond acceptors (Lipinski definition) is 8. The number of halogens is 2. The molecule has 190 valence electrons. The Hall–Kier alpha value is -2.65. The zero-order valence-corrected chi connectivity index (χ0v) is 23.0. The molecular formula is C26H27Cl2N3O4S. The van der Waals surface area contributed by atoms with E-state index in [2.05, 4.69) is 0 Å². The zero-order chi connectivity index (χ0) is 26.0. The highest BCUT2D eigenvalue weighted by Gasteiger charge is 2.41. The number of hydrogen-bond donors (Lipinski definition) is 0. The molecule has 2 aliphatic rings. The second kappa shape index (κ2) is 11.2. The van der Waals surface area contributed by atoms with Crippen molar-refractivity contribution in [3.63, 3.8) is 0 Å². The molecule has 2 aromatic rings. The largest absolute Gasteiger partial charge is 0.493 e. The van der Waals surface area contributed by atoms with Gasteiger partial charge in [0.25, 0.3) is 0 Å². The van der Waals surface area contributed by atoms with Gasteiger partial charge in [-0.05, 0) is 51.0 Å². The Balaban J connectivity index is 1.85. The number of amidine groups is 1. The third-order valence-corrected chi connectivity index (χ3v) is 7.46. The summed E-state index contributed by atoms with van der Waals surface area (Å²) in [6.07, 6.45) is 1.92. The van der Waals surface area contributed by atoms with Crippen molar-refractivity contribution in [2.45, 2.75) is 13.0 Å². The van der Waals surface area contributed by atoms with Crippen LogP contribution in [-0.4, -0.2) is 62.4 Å². The van der Waals surface area contributed by atoms with E-state index in [1.165, 1.54) is 11.8 Å². The number of carbonyl (C=O) groups is 1. The number of methoxy groups -OCH3 is 2. The standard InChI is InChI=1S/C26H27Cl2N3O4S/c1-15-21(25(32)35-13-12-30(2)3)23(16-8-6-11-19(33-4)24(16)34-5)31-14-20(36-26(31)29-15)22-17(27)9-7-10-18(22)28/h6-11,14,23H,12-13H2,1-5H3.